The van der Waals surface area contributed by atoms with Crippen LogP contribution in [0.1, 0.15) is 33.4 Å². The minimum atomic E-state index is 0.132. The van der Waals surface area contributed by atoms with E-state index in [2.05, 4.69) is 36.3 Å². The Hall–Kier alpha value is -2.14. The van der Waals surface area contributed by atoms with Gasteiger partial charge in [-0.15, -0.1) is 11.3 Å². The predicted octanol–water partition coefficient (Wildman–Crippen LogP) is 3.43. The van der Waals surface area contributed by atoms with Crippen LogP contribution in [0, 0.1) is 19.8 Å². The first kappa shape index (κ1) is 14.5. The number of nitrogens with zero attached hydrogens (tertiary/aromatic N) is 2. The van der Waals surface area contributed by atoms with Crippen molar-refractivity contribution in [3.63, 3.8) is 0 Å². The van der Waals surface area contributed by atoms with E-state index < -0.39 is 0 Å². The summed E-state index contributed by atoms with van der Waals surface area (Å²) in [5.74, 6) is 0.694. The summed E-state index contributed by atoms with van der Waals surface area (Å²) in [6.45, 7) is 4.66. The monoisotopic (exact) mass is 325 g/mol. The van der Waals surface area contributed by atoms with Gasteiger partial charge in [-0.2, -0.15) is 0 Å². The fourth-order valence-electron chi connectivity index (χ4n) is 3.00. The van der Waals surface area contributed by atoms with Crippen molar-refractivity contribution >= 4 is 22.9 Å². The zero-order chi connectivity index (χ0) is 16.0. The topological polar surface area (TPSA) is 46.4 Å². The van der Waals surface area contributed by atoms with Crippen LogP contribution in [0.3, 0.4) is 0 Å². The van der Waals surface area contributed by atoms with Crippen LogP contribution in [0.25, 0.3) is 5.65 Å². The molecule has 1 aliphatic rings. The van der Waals surface area contributed by atoms with E-state index >= 15 is 0 Å². The molecule has 1 fully saturated rings. The number of amides is 1. The van der Waals surface area contributed by atoms with Crippen LogP contribution in [-0.2, 0) is 11.3 Å². The number of aryl methyl sites for hydroxylation is 2. The molecule has 0 radical (unpaired) electrons. The number of rotatable bonds is 4. The molecule has 3 aromatic heterocycles. The van der Waals surface area contributed by atoms with Crippen molar-refractivity contribution < 1.29 is 4.79 Å². The van der Waals surface area contributed by atoms with Gasteiger partial charge in [0.15, 0.2) is 0 Å². The van der Waals surface area contributed by atoms with Gasteiger partial charge >= 0.3 is 0 Å². The second kappa shape index (κ2) is 5.49. The van der Waals surface area contributed by atoms with E-state index in [4.69, 9.17) is 0 Å². The largest absolute Gasteiger partial charge is 0.350 e. The number of imidazole rings is 1. The van der Waals surface area contributed by atoms with Crippen molar-refractivity contribution in [2.45, 2.75) is 32.7 Å². The molecule has 1 aliphatic carbocycles. The van der Waals surface area contributed by atoms with E-state index in [-0.39, 0.29) is 11.8 Å². The van der Waals surface area contributed by atoms with Crippen LogP contribution in [0.2, 0.25) is 0 Å². The molecule has 0 bridgehead atoms. The number of carbonyl (C=O) groups is 1. The quantitative estimate of drug-likeness (QED) is 0.799. The van der Waals surface area contributed by atoms with E-state index in [0.29, 0.717) is 12.5 Å². The van der Waals surface area contributed by atoms with Crippen LogP contribution >= 0.6 is 11.3 Å². The fourth-order valence-corrected chi connectivity index (χ4v) is 4.06. The summed E-state index contributed by atoms with van der Waals surface area (Å²) in [4.78, 5) is 19.5. The number of hydrogen-bond acceptors (Lipinski definition) is 3. The Labute approximate surface area is 139 Å². The number of hydrogen-bond donors (Lipinski definition) is 1. The molecule has 5 heteroatoms. The van der Waals surface area contributed by atoms with E-state index in [1.54, 1.807) is 11.3 Å². The molecule has 0 saturated heterocycles. The summed E-state index contributed by atoms with van der Waals surface area (Å²) in [5.41, 5.74) is 3.00. The van der Waals surface area contributed by atoms with Gasteiger partial charge in [0.05, 0.1) is 12.2 Å². The molecule has 0 aliphatic heterocycles. The zero-order valence-electron chi connectivity index (χ0n) is 13.2. The number of carbonyl (C=O) groups excluding carboxylic acids is 1. The summed E-state index contributed by atoms with van der Waals surface area (Å²) < 4.78 is 2.01. The normalized spacial score (nSPS) is 19.9. The van der Waals surface area contributed by atoms with Gasteiger partial charge in [-0.1, -0.05) is 6.07 Å². The van der Waals surface area contributed by atoms with Gasteiger partial charge in [0, 0.05) is 34.0 Å². The molecule has 118 valence electrons. The predicted molar refractivity (Wildman–Crippen MR) is 91.7 cm³/mol. The maximum absolute atomic E-state index is 12.3. The summed E-state index contributed by atoms with van der Waals surface area (Å²) in [6, 6.07) is 8.33. The van der Waals surface area contributed by atoms with Crippen molar-refractivity contribution in [2.75, 3.05) is 0 Å². The number of aromatic nitrogens is 2. The smallest absolute Gasteiger partial charge is 0.224 e. The van der Waals surface area contributed by atoms with Gasteiger partial charge in [0.1, 0.15) is 5.65 Å². The summed E-state index contributed by atoms with van der Waals surface area (Å²) in [5, 5.41) is 3.03. The molecule has 0 unspecified atom stereocenters. The van der Waals surface area contributed by atoms with Gasteiger partial charge in [-0.25, -0.2) is 4.98 Å². The Kier molecular flexibility index (Phi) is 3.45. The maximum atomic E-state index is 12.3. The first-order chi connectivity index (χ1) is 11.1. The lowest BCUT2D eigenvalue weighted by atomic mass is 10.2. The zero-order valence-corrected chi connectivity index (χ0v) is 14.1. The average Bonchev–Trinajstić information content (AvgIpc) is 3.04. The molecule has 2 atom stereocenters. The van der Waals surface area contributed by atoms with Crippen LogP contribution in [0.5, 0.6) is 0 Å². The minimum absolute atomic E-state index is 0.132. The van der Waals surface area contributed by atoms with Crippen LogP contribution in [0.4, 0.5) is 0 Å². The highest BCUT2D eigenvalue weighted by Gasteiger charge is 2.44. The number of thiophene rings is 1. The number of fused-ring (bicyclic) bond motifs is 1. The van der Waals surface area contributed by atoms with Crippen molar-refractivity contribution in [2.24, 2.45) is 5.92 Å². The maximum Gasteiger partial charge on any atom is 0.224 e. The third-order valence-corrected chi connectivity index (χ3v) is 5.48. The highest BCUT2D eigenvalue weighted by Crippen LogP contribution is 2.49. The third-order valence-electron chi connectivity index (χ3n) is 4.35. The molecule has 0 aromatic carbocycles. The van der Waals surface area contributed by atoms with Crippen LogP contribution < -0.4 is 5.32 Å². The summed E-state index contributed by atoms with van der Waals surface area (Å²) in [6.07, 6.45) is 5.00. The van der Waals surface area contributed by atoms with Gasteiger partial charge in [0.25, 0.3) is 0 Å². The van der Waals surface area contributed by atoms with E-state index in [0.717, 1.165) is 17.8 Å². The Bertz CT molecular complexity index is 879. The fraction of sp³-hybridized carbons (Fsp3) is 0.333. The van der Waals surface area contributed by atoms with Crippen molar-refractivity contribution in [3.8, 4) is 0 Å². The average molecular weight is 325 g/mol. The second-order valence-electron chi connectivity index (χ2n) is 6.32. The van der Waals surface area contributed by atoms with Crippen LogP contribution in [-0.4, -0.2) is 15.3 Å². The van der Waals surface area contributed by atoms with Gasteiger partial charge in [-0.3, -0.25) is 4.79 Å². The second-order valence-corrected chi connectivity index (χ2v) is 7.64. The molecule has 1 amide bonds. The lowest BCUT2D eigenvalue weighted by molar-refractivity contribution is -0.122. The SMILES string of the molecule is Cc1ccc2nc(CNC(=O)[C@@H]3C[C@@H]3c3ccc(C)s3)cn2c1. The van der Waals surface area contributed by atoms with E-state index in [9.17, 15) is 4.79 Å². The summed E-state index contributed by atoms with van der Waals surface area (Å²) >= 11 is 1.80. The Balaban J connectivity index is 1.38. The molecular formula is C18H19N3OS. The lowest BCUT2D eigenvalue weighted by Gasteiger charge is -2.01. The van der Waals surface area contributed by atoms with E-state index in [1.807, 2.05) is 28.9 Å². The number of nitrogens with one attached hydrogen (secondary N) is 1. The minimum Gasteiger partial charge on any atom is -0.350 e. The first-order valence-electron chi connectivity index (χ1n) is 7.88. The van der Waals surface area contributed by atoms with Crippen molar-refractivity contribution in [3.05, 3.63) is 57.7 Å². The Morgan fingerprint density at radius 3 is 2.96 bits per heavy atom. The molecule has 23 heavy (non-hydrogen) atoms. The van der Waals surface area contributed by atoms with E-state index in [1.165, 1.54) is 15.3 Å². The van der Waals surface area contributed by atoms with Gasteiger partial charge in [0.2, 0.25) is 5.91 Å². The summed E-state index contributed by atoms with van der Waals surface area (Å²) in [7, 11) is 0. The Morgan fingerprint density at radius 2 is 2.17 bits per heavy atom. The van der Waals surface area contributed by atoms with Crippen LogP contribution in [0.15, 0.2) is 36.7 Å². The molecule has 3 heterocycles. The first-order valence-corrected chi connectivity index (χ1v) is 8.70. The highest BCUT2D eigenvalue weighted by molar-refractivity contribution is 7.12. The molecule has 1 saturated carbocycles. The highest BCUT2D eigenvalue weighted by atomic mass is 32.1. The molecule has 3 aromatic rings. The lowest BCUT2D eigenvalue weighted by Crippen LogP contribution is -2.24. The Morgan fingerprint density at radius 1 is 1.30 bits per heavy atom. The van der Waals surface area contributed by atoms with Crippen molar-refractivity contribution in [1.82, 2.24) is 14.7 Å². The van der Waals surface area contributed by atoms with Gasteiger partial charge < -0.3 is 9.72 Å². The molecular weight excluding hydrogens is 306 g/mol. The molecule has 1 N–H and O–H groups in total. The standard InChI is InChI=1S/C18H19N3OS/c1-11-3-6-17-20-13(10-21(17)9-11)8-19-18(22)15-7-14(15)16-5-4-12(2)23-16/h3-6,9-10,14-15H,7-8H2,1-2H3,(H,19,22)/t14-,15+/m0/s1. The molecule has 4 rings (SSSR count). The van der Waals surface area contributed by atoms with Gasteiger partial charge in [-0.05, 0) is 44.0 Å². The third kappa shape index (κ3) is 2.88. The van der Waals surface area contributed by atoms with Crippen molar-refractivity contribution in [1.29, 1.82) is 0 Å². The molecule has 4 nitrogen and oxygen atoms in total. The number of pyridine rings is 1. The molecule has 0 spiro atoms.